The predicted molar refractivity (Wildman–Crippen MR) is 91.4 cm³/mol. The number of amides is 1. The van der Waals surface area contributed by atoms with E-state index in [1.54, 1.807) is 66.0 Å². The van der Waals surface area contributed by atoms with Crippen LogP contribution in [0, 0.1) is 0 Å². The van der Waals surface area contributed by atoms with Crippen molar-refractivity contribution in [3.05, 3.63) is 29.8 Å². The molecule has 0 aliphatic rings. The molecule has 0 aromatic heterocycles. The second kappa shape index (κ2) is 7.11. The van der Waals surface area contributed by atoms with Crippen molar-refractivity contribution >= 4 is 12.1 Å². The highest BCUT2D eigenvalue weighted by molar-refractivity contribution is 5.82. The van der Waals surface area contributed by atoms with Gasteiger partial charge in [-0.15, -0.1) is 0 Å². The maximum atomic E-state index is 12.3. The Balaban J connectivity index is 3.16. The Labute approximate surface area is 143 Å². The molecule has 6 heteroatoms. The van der Waals surface area contributed by atoms with E-state index in [0.717, 1.165) is 10.5 Å². The van der Waals surface area contributed by atoms with Crippen LogP contribution in [-0.2, 0) is 14.9 Å². The Morgan fingerprint density at radius 1 is 1.08 bits per heavy atom. The van der Waals surface area contributed by atoms with E-state index in [-0.39, 0.29) is 0 Å². The van der Waals surface area contributed by atoms with E-state index in [2.05, 4.69) is 0 Å². The Hall–Kier alpha value is -2.24. The van der Waals surface area contributed by atoms with Gasteiger partial charge in [0, 0.05) is 12.5 Å². The first-order valence-electron chi connectivity index (χ1n) is 7.73. The van der Waals surface area contributed by atoms with Gasteiger partial charge in [-0.05, 0) is 38.5 Å². The number of carbonyl (C=O) groups excluding carboxylic acids is 1. The number of nitrogens with zero attached hydrogens (tertiary/aromatic N) is 1. The van der Waals surface area contributed by atoms with Crippen molar-refractivity contribution in [2.75, 3.05) is 14.2 Å². The Bertz CT molecular complexity index is 586. The summed E-state index contributed by atoms with van der Waals surface area (Å²) < 4.78 is 10.4. The molecule has 24 heavy (non-hydrogen) atoms. The summed E-state index contributed by atoms with van der Waals surface area (Å²) in [5.74, 6) is -0.411. The number of hydrogen-bond acceptors (Lipinski definition) is 4. The summed E-state index contributed by atoms with van der Waals surface area (Å²) in [6.45, 7) is 8.79. The number of methoxy groups -OCH3 is 1. The lowest BCUT2D eigenvalue weighted by Gasteiger charge is -2.38. The number of carbonyl (C=O) groups is 2. The highest BCUT2D eigenvalue weighted by Gasteiger charge is 2.42. The SMILES string of the molecule is COc1ccc(C(C)(C)[C@@H](C(=O)O)N(C)C(=O)OC(C)(C)C)cc1. The Kier molecular flexibility index (Phi) is 5.87. The summed E-state index contributed by atoms with van der Waals surface area (Å²) in [5, 5.41) is 9.71. The zero-order valence-corrected chi connectivity index (χ0v) is 15.4. The van der Waals surface area contributed by atoms with Gasteiger partial charge in [0.05, 0.1) is 7.11 Å². The van der Waals surface area contributed by atoms with Gasteiger partial charge in [-0.2, -0.15) is 0 Å². The van der Waals surface area contributed by atoms with E-state index in [1.807, 2.05) is 0 Å². The molecule has 0 heterocycles. The molecule has 1 amide bonds. The normalized spacial score (nSPS) is 13.1. The first-order chi connectivity index (χ1) is 10.9. The molecule has 1 aromatic rings. The quantitative estimate of drug-likeness (QED) is 0.892. The fourth-order valence-corrected chi connectivity index (χ4v) is 2.58. The molecule has 0 aliphatic heterocycles. The van der Waals surface area contributed by atoms with Gasteiger partial charge in [0.25, 0.3) is 0 Å². The molecule has 1 rings (SSSR count). The fourth-order valence-electron chi connectivity index (χ4n) is 2.58. The van der Waals surface area contributed by atoms with Crippen molar-refractivity contribution in [3.63, 3.8) is 0 Å². The van der Waals surface area contributed by atoms with Crippen LogP contribution >= 0.6 is 0 Å². The molecular formula is C18H27NO5. The molecule has 0 spiro atoms. The average Bonchev–Trinajstić information content (AvgIpc) is 2.44. The molecular weight excluding hydrogens is 310 g/mol. The van der Waals surface area contributed by atoms with Gasteiger partial charge in [0.15, 0.2) is 0 Å². The lowest BCUT2D eigenvalue weighted by Crippen LogP contribution is -2.54. The van der Waals surface area contributed by atoms with Crippen LogP contribution in [0.15, 0.2) is 24.3 Å². The van der Waals surface area contributed by atoms with Gasteiger partial charge < -0.3 is 14.6 Å². The van der Waals surface area contributed by atoms with Crippen molar-refractivity contribution in [2.45, 2.75) is 51.7 Å². The molecule has 1 aromatic carbocycles. The zero-order chi connectivity index (χ0) is 18.7. The van der Waals surface area contributed by atoms with Crippen LogP contribution in [0.3, 0.4) is 0 Å². The standard InChI is InChI=1S/C18H27NO5/c1-17(2,3)24-16(22)19(6)14(15(20)21)18(4,5)12-8-10-13(23-7)11-9-12/h8-11,14H,1-7H3,(H,20,21)/t14-/m1/s1. The first-order valence-corrected chi connectivity index (χ1v) is 7.73. The van der Waals surface area contributed by atoms with E-state index in [9.17, 15) is 14.7 Å². The number of likely N-dealkylation sites (N-methyl/N-ethyl adjacent to an activating group) is 1. The fraction of sp³-hybridized carbons (Fsp3) is 0.556. The lowest BCUT2D eigenvalue weighted by atomic mass is 9.77. The number of carboxylic acids is 1. The molecule has 1 atom stereocenters. The van der Waals surface area contributed by atoms with Crippen molar-refractivity contribution in [3.8, 4) is 5.75 Å². The number of ether oxygens (including phenoxy) is 2. The molecule has 0 radical (unpaired) electrons. The third-order valence-corrected chi connectivity index (χ3v) is 3.82. The van der Waals surface area contributed by atoms with Crippen LogP contribution in [-0.4, -0.2) is 47.9 Å². The van der Waals surface area contributed by atoms with E-state index < -0.39 is 29.1 Å². The van der Waals surface area contributed by atoms with Gasteiger partial charge in [-0.3, -0.25) is 4.90 Å². The second-order valence-corrected chi connectivity index (χ2v) is 7.28. The van der Waals surface area contributed by atoms with Crippen LogP contribution in [0.25, 0.3) is 0 Å². The number of rotatable bonds is 5. The Morgan fingerprint density at radius 2 is 1.58 bits per heavy atom. The lowest BCUT2D eigenvalue weighted by molar-refractivity contribution is -0.145. The minimum atomic E-state index is -1.09. The number of carboxylic acid groups (broad SMARTS) is 1. The van der Waals surface area contributed by atoms with E-state index in [0.29, 0.717) is 5.75 Å². The largest absolute Gasteiger partial charge is 0.497 e. The van der Waals surface area contributed by atoms with Crippen LogP contribution in [0.2, 0.25) is 0 Å². The molecule has 0 fully saturated rings. The molecule has 0 unspecified atom stereocenters. The summed E-state index contributed by atoms with van der Waals surface area (Å²) in [6, 6.07) is 6.06. The van der Waals surface area contributed by atoms with Gasteiger partial charge >= 0.3 is 12.1 Å². The third-order valence-electron chi connectivity index (χ3n) is 3.82. The average molecular weight is 337 g/mol. The first kappa shape index (κ1) is 19.8. The third kappa shape index (κ3) is 4.63. The van der Waals surface area contributed by atoms with Crippen molar-refractivity contribution in [2.24, 2.45) is 0 Å². The van der Waals surface area contributed by atoms with Gasteiger partial charge in [-0.1, -0.05) is 26.0 Å². The van der Waals surface area contributed by atoms with E-state index in [1.165, 1.54) is 7.05 Å². The maximum Gasteiger partial charge on any atom is 0.410 e. The van der Waals surface area contributed by atoms with Gasteiger partial charge in [0.1, 0.15) is 17.4 Å². The van der Waals surface area contributed by atoms with Crippen LogP contribution in [0.4, 0.5) is 4.79 Å². The molecule has 134 valence electrons. The minimum Gasteiger partial charge on any atom is -0.497 e. The summed E-state index contributed by atoms with van der Waals surface area (Å²) in [7, 11) is 3.01. The highest BCUT2D eigenvalue weighted by atomic mass is 16.6. The monoisotopic (exact) mass is 337 g/mol. The summed E-state index contributed by atoms with van der Waals surface area (Å²) in [6.07, 6.45) is -0.670. The van der Waals surface area contributed by atoms with Crippen molar-refractivity contribution in [1.82, 2.24) is 4.90 Å². The number of benzene rings is 1. The highest BCUT2D eigenvalue weighted by Crippen LogP contribution is 2.32. The van der Waals surface area contributed by atoms with E-state index in [4.69, 9.17) is 9.47 Å². The molecule has 0 saturated carbocycles. The second-order valence-electron chi connectivity index (χ2n) is 7.28. The van der Waals surface area contributed by atoms with Crippen LogP contribution < -0.4 is 4.74 Å². The Morgan fingerprint density at radius 3 is 1.96 bits per heavy atom. The number of aliphatic carboxylic acids is 1. The molecule has 0 saturated heterocycles. The minimum absolute atomic E-state index is 0.670. The maximum absolute atomic E-state index is 12.3. The van der Waals surface area contributed by atoms with Crippen LogP contribution in [0.1, 0.15) is 40.2 Å². The van der Waals surface area contributed by atoms with Crippen LogP contribution in [0.5, 0.6) is 5.75 Å². The molecule has 0 aliphatic carbocycles. The summed E-state index contributed by atoms with van der Waals surface area (Å²) >= 11 is 0. The van der Waals surface area contributed by atoms with Gasteiger partial charge in [0.2, 0.25) is 0 Å². The number of hydrogen-bond donors (Lipinski definition) is 1. The molecule has 1 N–H and O–H groups in total. The predicted octanol–water partition coefficient (Wildman–Crippen LogP) is 3.29. The smallest absolute Gasteiger partial charge is 0.410 e. The molecule has 6 nitrogen and oxygen atoms in total. The zero-order valence-electron chi connectivity index (χ0n) is 15.4. The topological polar surface area (TPSA) is 76.1 Å². The van der Waals surface area contributed by atoms with Gasteiger partial charge in [-0.25, -0.2) is 9.59 Å². The van der Waals surface area contributed by atoms with Crippen molar-refractivity contribution in [1.29, 1.82) is 0 Å². The summed E-state index contributed by atoms with van der Waals surface area (Å²) in [4.78, 5) is 25.3. The van der Waals surface area contributed by atoms with E-state index >= 15 is 0 Å². The molecule has 0 bridgehead atoms. The summed E-state index contributed by atoms with van der Waals surface area (Å²) in [5.41, 5.74) is -0.742. The van der Waals surface area contributed by atoms with Crippen molar-refractivity contribution < 1.29 is 24.2 Å².